The molecule has 1 aromatic rings. The van der Waals surface area contributed by atoms with Crippen LogP contribution in [-0.4, -0.2) is 5.11 Å². The van der Waals surface area contributed by atoms with E-state index < -0.39 is 6.10 Å². The van der Waals surface area contributed by atoms with Crippen LogP contribution in [-0.2, 0) is 0 Å². The Morgan fingerprint density at radius 3 is 2.90 bits per heavy atom. The van der Waals surface area contributed by atoms with Crippen LogP contribution in [0.4, 0.5) is 0 Å². The van der Waals surface area contributed by atoms with Crippen LogP contribution >= 0.6 is 11.3 Å². The highest BCUT2D eigenvalue weighted by molar-refractivity contribution is 7.10. The van der Waals surface area contributed by atoms with Crippen LogP contribution < -0.4 is 0 Å². The number of aryl methyl sites for hydroxylation is 1. The molecular formula is C8H10OS. The van der Waals surface area contributed by atoms with Crippen LogP contribution in [0.1, 0.15) is 16.5 Å². The van der Waals surface area contributed by atoms with Gasteiger partial charge in [-0.2, -0.15) is 0 Å². The van der Waals surface area contributed by atoms with Crippen molar-refractivity contribution >= 4 is 11.3 Å². The molecule has 2 heteroatoms. The van der Waals surface area contributed by atoms with E-state index in [4.69, 9.17) is 0 Å². The van der Waals surface area contributed by atoms with Crippen LogP contribution in [0.15, 0.2) is 24.1 Å². The standard InChI is InChI=1S/C8H10OS/c1-3-7(9)8-4-6(2)5-10-8/h3-5,7,9H,1H2,2H3. The van der Waals surface area contributed by atoms with E-state index in [0.717, 1.165) is 4.88 Å². The summed E-state index contributed by atoms with van der Waals surface area (Å²) >= 11 is 1.56. The molecule has 1 nitrogen and oxygen atoms in total. The van der Waals surface area contributed by atoms with E-state index in [2.05, 4.69) is 6.58 Å². The minimum absolute atomic E-state index is 0.487. The lowest BCUT2D eigenvalue weighted by Crippen LogP contribution is -1.86. The molecule has 0 aliphatic heterocycles. The SMILES string of the molecule is C=CC(O)c1cc(C)cs1. The Morgan fingerprint density at radius 2 is 2.50 bits per heavy atom. The normalized spacial score (nSPS) is 13.0. The van der Waals surface area contributed by atoms with Gasteiger partial charge >= 0.3 is 0 Å². The topological polar surface area (TPSA) is 20.2 Å². The summed E-state index contributed by atoms with van der Waals surface area (Å²) in [6.07, 6.45) is 1.05. The number of aliphatic hydroxyl groups is 1. The first-order chi connectivity index (χ1) is 4.74. The third-order valence-electron chi connectivity index (χ3n) is 1.27. The number of hydrogen-bond acceptors (Lipinski definition) is 2. The predicted molar refractivity (Wildman–Crippen MR) is 44.2 cm³/mol. The molecule has 1 rings (SSSR count). The van der Waals surface area contributed by atoms with Crippen LogP contribution in [0.2, 0.25) is 0 Å². The molecule has 10 heavy (non-hydrogen) atoms. The Morgan fingerprint density at radius 1 is 1.80 bits per heavy atom. The van der Waals surface area contributed by atoms with Crippen molar-refractivity contribution in [2.24, 2.45) is 0 Å². The summed E-state index contributed by atoms with van der Waals surface area (Å²) in [6.45, 7) is 5.51. The third kappa shape index (κ3) is 1.46. The van der Waals surface area contributed by atoms with Gasteiger partial charge in [0.05, 0.1) is 0 Å². The van der Waals surface area contributed by atoms with Crippen LogP contribution in [0, 0.1) is 6.92 Å². The van der Waals surface area contributed by atoms with Gasteiger partial charge < -0.3 is 5.11 Å². The molecule has 1 unspecified atom stereocenters. The van der Waals surface area contributed by atoms with Crippen LogP contribution in [0.3, 0.4) is 0 Å². The predicted octanol–water partition coefficient (Wildman–Crippen LogP) is 2.28. The van der Waals surface area contributed by atoms with E-state index in [9.17, 15) is 5.11 Å². The van der Waals surface area contributed by atoms with E-state index >= 15 is 0 Å². The van der Waals surface area contributed by atoms with Gasteiger partial charge in [0.15, 0.2) is 0 Å². The van der Waals surface area contributed by atoms with Gasteiger partial charge in [-0.25, -0.2) is 0 Å². The summed E-state index contributed by atoms with van der Waals surface area (Å²) in [6, 6.07) is 1.97. The van der Waals surface area contributed by atoms with Crippen molar-refractivity contribution in [1.82, 2.24) is 0 Å². The van der Waals surface area contributed by atoms with E-state index in [0.29, 0.717) is 0 Å². The average Bonchev–Trinajstić information content (AvgIpc) is 2.34. The minimum Gasteiger partial charge on any atom is -0.383 e. The Kier molecular flexibility index (Phi) is 2.25. The van der Waals surface area contributed by atoms with E-state index in [1.54, 1.807) is 11.3 Å². The fourth-order valence-corrected chi connectivity index (χ4v) is 1.60. The highest BCUT2D eigenvalue weighted by atomic mass is 32.1. The second-order valence-corrected chi connectivity index (χ2v) is 3.15. The number of aliphatic hydroxyl groups excluding tert-OH is 1. The molecule has 0 saturated carbocycles. The Balaban J connectivity index is 2.84. The second kappa shape index (κ2) is 2.99. The molecule has 0 spiro atoms. The zero-order valence-electron chi connectivity index (χ0n) is 5.87. The summed E-state index contributed by atoms with van der Waals surface area (Å²) in [4.78, 5) is 0.965. The van der Waals surface area contributed by atoms with Gasteiger partial charge in [-0.15, -0.1) is 17.9 Å². The fourth-order valence-electron chi connectivity index (χ4n) is 0.725. The largest absolute Gasteiger partial charge is 0.383 e. The minimum atomic E-state index is -0.487. The maximum Gasteiger partial charge on any atom is 0.106 e. The molecule has 54 valence electrons. The maximum atomic E-state index is 9.23. The van der Waals surface area contributed by atoms with Crippen molar-refractivity contribution < 1.29 is 5.11 Å². The number of thiophene rings is 1. The van der Waals surface area contributed by atoms with Gasteiger partial charge in [0.1, 0.15) is 6.10 Å². The average molecular weight is 154 g/mol. The lowest BCUT2D eigenvalue weighted by Gasteiger charge is -1.97. The summed E-state index contributed by atoms with van der Waals surface area (Å²) in [7, 11) is 0. The summed E-state index contributed by atoms with van der Waals surface area (Å²) < 4.78 is 0. The molecule has 0 amide bonds. The van der Waals surface area contributed by atoms with E-state index in [1.165, 1.54) is 11.6 Å². The van der Waals surface area contributed by atoms with E-state index in [1.807, 2.05) is 18.4 Å². The molecule has 0 aliphatic rings. The zero-order chi connectivity index (χ0) is 7.56. The van der Waals surface area contributed by atoms with Gasteiger partial charge in [-0.1, -0.05) is 6.08 Å². The monoisotopic (exact) mass is 154 g/mol. The summed E-state index contributed by atoms with van der Waals surface area (Å²) in [5, 5.41) is 11.3. The Hall–Kier alpha value is -0.600. The molecule has 0 radical (unpaired) electrons. The molecule has 0 fully saturated rings. The molecule has 0 aromatic carbocycles. The second-order valence-electron chi connectivity index (χ2n) is 2.21. The lowest BCUT2D eigenvalue weighted by molar-refractivity contribution is 0.233. The number of hydrogen-bond donors (Lipinski definition) is 1. The maximum absolute atomic E-state index is 9.23. The van der Waals surface area contributed by atoms with Crippen molar-refractivity contribution in [3.63, 3.8) is 0 Å². The Bertz CT molecular complexity index is 227. The van der Waals surface area contributed by atoms with Gasteiger partial charge in [-0.05, 0) is 23.9 Å². The summed E-state index contributed by atoms with van der Waals surface area (Å²) in [5.41, 5.74) is 1.20. The molecule has 1 atom stereocenters. The van der Waals surface area contributed by atoms with Crippen molar-refractivity contribution in [2.45, 2.75) is 13.0 Å². The first-order valence-electron chi connectivity index (χ1n) is 3.09. The highest BCUT2D eigenvalue weighted by Crippen LogP contribution is 2.21. The lowest BCUT2D eigenvalue weighted by atomic mass is 10.2. The molecule has 0 saturated heterocycles. The van der Waals surface area contributed by atoms with Crippen LogP contribution in [0.25, 0.3) is 0 Å². The van der Waals surface area contributed by atoms with Crippen molar-refractivity contribution in [1.29, 1.82) is 0 Å². The van der Waals surface area contributed by atoms with Gasteiger partial charge in [0.2, 0.25) is 0 Å². The summed E-state index contributed by atoms with van der Waals surface area (Å²) in [5.74, 6) is 0. The van der Waals surface area contributed by atoms with Gasteiger partial charge in [0.25, 0.3) is 0 Å². The molecule has 0 aliphatic carbocycles. The smallest absolute Gasteiger partial charge is 0.106 e. The highest BCUT2D eigenvalue weighted by Gasteiger charge is 2.03. The third-order valence-corrected chi connectivity index (χ3v) is 2.39. The van der Waals surface area contributed by atoms with Gasteiger partial charge in [-0.3, -0.25) is 0 Å². The quantitative estimate of drug-likeness (QED) is 0.648. The Labute approximate surface area is 64.6 Å². The molecule has 1 aromatic heterocycles. The van der Waals surface area contributed by atoms with Crippen molar-refractivity contribution in [3.05, 3.63) is 34.5 Å². The number of rotatable bonds is 2. The molecule has 0 bridgehead atoms. The van der Waals surface area contributed by atoms with Gasteiger partial charge in [0, 0.05) is 4.88 Å². The molecule has 1 N–H and O–H groups in total. The zero-order valence-corrected chi connectivity index (χ0v) is 6.69. The van der Waals surface area contributed by atoms with Crippen molar-refractivity contribution in [3.8, 4) is 0 Å². The molecule has 1 heterocycles. The first-order valence-corrected chi connectivity index (χ1v) is 3.97. The fraction of sp³-hybridized carbons (Fsp3) is 0.250. The van der Waals surface area contributed by atoms with Crippen molar-refractivity contribution in [2.75, 3.05) is 0 Å². The molecular weight excluding hydrogens is 144 g/mol. The first kappa shape index (κ1) is 7.51. The van der Waals surface area contributed by atoms with E-state index in [-0.39, 0.29) is 0 Å². The van der Waals surface area contributed by atoms with Crippen LogP contribution in [0.5, 0.6) is 0 Å².